The van der Waals surface area contributed by atoms with Crippen molar-refractivity contribution >= 4 is 0 Å². The van der Waals surface area contributed by atoms with Gasteiger partial charge in [0.25, 0.3) is 0 Å². The fraction of sp³-hybridized carbons (Fsp3) is 0.600. The minimum absolute atomic E-state index is 0.258. The van der Waals surface area contributed by atoms with E-state index in [1.54, 1.807) is 0 Å². The van der Waals surface area contributed by atoms with E-state index in [-0.39, 0.29) is 6.04 Å². The topological polar surface area (TPSA) is 39.7 Å². The molecular weight excluding hydrogens is 242 g/mol. The predicted molar refractivity (Wildman–Crippen MR) is 73.0 cm³/mol. The summed E-state index contributed by atoms with van der Waals surface area (Å²) in [6, 6.07) is 4.51. The molecule has 3 rings (SSSR count). The number of ether oxygens (including phenoxy) is 3. The van der Waals surface area contributed by atoms with Crippen LogP contribution in [0.1, 0.15) is 30.5 Å². The maximum Gasteiger partial charge on any atom is 0.161 e. The molecule has 1 unspecified atom stereocenters. The predicted octanol–water partition coefficient (Wildman–Crippen LogP) is 2.07. The highest BCUT2D eigenvalue weighted by Gasteiger charge is 2.23. The maximum absolute atomic E-state index is 5.71. The monoisotopic (exact) mass is 263 g/mol. The van der Waals surface area contributed by atoms with Crippen molar-refractivity contribution in [3.8, 4) is 11.5 Å². The van der Waals surface area contributed by atoms with Gasteiger partial charge in [0.15, 0.2) is 11.5 Å². The molecule has 0 saturated carbocycles. The van der Waals surface area contributed by atoms with E-state index in [9.17, 15) is 0 Å². The molecule has 2 heterocycles. The van der Waals surface area contributed by atoms with Gasteiger partial charge in [0.2, 0.25) is 0 Å². The fourth-order valence-corrected chi connectivity index (χ4v) is 2.65. The van der Waals surface area contributed by atoms with Crippen LogP contribution in [0.25, 0.3) is 0 Å². The highest BCUT2D eigenvalue weighted by atomic mass is 16.6. The van der Waals surface area contributed by atoms with Gasteiger partial charge in [0, 0.05) is 0 Å². The van der Waals surface area contributed by atoms with Crippen LogP contribution in [0.15, 0.2) is 12.1 Å². The Labute approximate surface area is 114 Å². The van der Waals surface area contributed by atoms with Crippen LogP contribution >= 0.6 is 0 Å². The molecule has 2 aliphatic heterocycles. The average Bonchev–Trinajstić information content (AvgIpc) is 2.64. The molecule has 19 heavy (non-hydrogen) atoms. The Kier molecular flexibility index (Phi) is 3.89. The lowest BCUT2D eigenvalue weighted by atomic mass is 9.98. The highest BCUT2D eigenvalue weighted by molar-refractivity contribution is 5.49. The van der Waals surface area contributed by atoms with Crippen LogP contribution in [0.5, 0.6) is 11.5 Å². The highest BCUT2D eigenvalue weighted by Crippen LogP contribution is 2.36. The van der Waals surface area contributed by atoms with Crippen LogP contribution in [0.2, 0.25) is 0 Å². The Bertz CT molecular complexity index is 447. The van der Waals surface area contributed by atoms with Crippen LogP contribution in [-0.4, -0.2) is 33.0 Å². The van der Waals surface area contributed by atoms with Crippen LogP contribution in [0, 0.1) is 0 Å². The molecule has 0 saturated heterocycles. The molecule has 0 radical (unpaired) electrons. The molecule has 1 aromatic rings. The Morgan fingerprint density at radius 2 is 1.95 bits per heavy atom. The number of fused-ring (bicyclic) bond motifs is 2. The molecule has 0 bridgehead atoms. The van der Waals surface area contributed by atoms with E-state index in [2.05, 4.69) is 24.4 Å². The molecule has 0 spiro atoms. The van der Waals surface area contributed by atoms with Gasteiger partial charge in [-0.1, -0.05) is 6.92 Å². The first-order chi connectivity index (χ1) is 9.38. The zero-order valence-corrected chi connectivity index (χ0v) is 11.4. The molecule has 0 fully saturated rings. The van der Waals surface area contributed by atoms with Gasteiger partial charge >= 0.3 is 0 Å². The van der Waals surface area contributed by atoms with Gasteiger partial charge < -0.3 is 19.5 Å². The lowest BCUT2D eigenvalue weighted by molar-refractivity contribution is 0.121. The van der Waals surface area contributed by atoms with Gasteiger partial charge in [-0.2, -0.15) is 0 Å². The van der Waals surface area contributed by atoms with Crippen molar-refractivity contribution in [3.05, 3.63) is 23.3 Å². The summed E-state index contributed by atoms with van der Waals surface area (Å²) in [6.45, 7) is 5.95. The summed E-state index contributed by atoms with van der Waals surface area (Å²) in [5, 5.41) is 3.55. The Balaban J connectivity index is 1.93. The lowest BCUT2D eigenvalue weighted by Crippen LogP contribution is -2.26. The van der Waals surface area contributed by atoms with Crippen molar-refractivity contribution in [2.45, 2.75) is 25.8 Å². The molecule has 2 aliphatic rings. The van der Waals surface area contributed by atoms with Crippen LogP contribution in [0.3, 0.4) is 0 Å². The summed E-state index contributed by atoms with van der Waals surface area (Å²) in [4.78, 5) is 0. The van der Waals surface area contributed by atoms with E-state index in [1.807, 2.05) is 0 Å². The van der Waals surface area contributed by atoms with Gasteiger partial charge in [0.1, 0.15) is 13.2 Å². The summed E-state index contributed by atoms with van der Waals surface area (Å²) >= 11 is 0. The molecule has 104 valence electrons. The van der Waals surface area contributed by atoms with E-state index in [0.29, 0.717) is 13.2 Å². The number of benzene rings is 1. The number of nitrogens with one attached hydrogen (secondary N) is 1. The van der Waals surface area contributed by atoms with E-state index in [1.165, 1.54) is 11.1 Å². The summed E-state index contributed by atoms with van der Waals surface area (Å²) in [7, 11) is 0. The Morgan fingerprint density at radius 3 is 2.74 bits per heavy atom. The van der Waals surface area contributed by atoms with Gasteiger partial charge in [-0.05, 0) is 42.6 Å². The van der Waals surface area contributed by atoms with E-state index in [4.69, 9.17) is 14.2 Å². The van der Waals surface area contributed by atoms with Crippen LogP contribution < -0.4 is 14.8 Å². The van der Waals surface area contributed by atoms with Crippen molar-refractivity contribution in [1.82, 2.24) is 5.32 Å². The fourth-order valence-electron chi connectivity index (χ4n) is 2.65. The van der Waals surface area contributed by atoms with Gasteiger partial charge in [-0.15, -0.1) is 0 Å². The zero-order chi connectivity index (χ0) is 13.1. The Morgan fingerprint density at radius 1 is 1.16 bits per heavy atom. The third kappa shape index (κ3) is 2.69. The number of rotatable bonds is 3. The minimum Gasteiger partial charge on any atom is -0.486 e. The smallest absolute Gasteiger partial charge is 0.161 e. The van der Waals surface area contributed by atoms with Crippen molar-refractivity contribution < 1.29 is 14.2 Å². The van der Waals surface area contributed by atoms with Crippen LogP contribution in [0.4, 0.5) is 0 Å². The molecule has 4 heteroatoms. The van der Waals surface area contributed by atoms with Gasteiger partial charge in [0.05, 0.1) is 19.3 Å². The SMILES string of the molecule is CCCNC1COCCc2cc3c(cc21)OCCO3. The molecule has 1 N–H and O–H groups in total. The van der Waals surface area contributed by atoms with Gasteiger partial charge in [-0.25, -0.2) is 0 Å². The third-order valence-corrected chi connectivity index (χ3v) is 3.62. The van der Waals surface area contributed by atoms with Gasteiger partial charge in [-0.3, -0.25) is 0 Å². The first-order valence-corrected chi connectivity index (χ1v) is 7.12. The van der Waals surface area contributed by atoms with Crippen molar-refractivity contribution in [1.29, 1.82) is 0 Å². The van der Waals surface area contributed by atoms with Crippen molar-refractivity contribution in [3.63, 3.8) is 0 Å². The maximum atomic E-state index is 5.71. The second kappa shape index (κ2) is 5.80. The molecule has 4 nitrogen and oxygen atoms in total. The molecule has 0 aromatic heterocycles. The normalized spacial score (nSPS) is 21.6. The summed E-state index contributed by atoms with van der Waals surface area (Å²) < 4.78 is 17.1. The average molecular weight is 263 g/mol. The van der Waals surface area contributed by atoms with E-state index < -0.39 is 0 Å². The number of hydrogen-bond acceptors (Lipinski definition) is 4. The second-order valence-electron chi connectivity index (χ2n) is 5.03. The van der Waals surface area contributed by atoms with E-state index >= 15 is 0 Å². The summed E-state index contributed by atoms with van der Waals surface area (Å²) in [6.07, 6.45) is 2.06. The number of hydrogen-bond donors (Lipinski definition) is 1. The summed E-state index contributed by atoms with van der Waals surface area (Å²) in [5.41, 5.74) is 2.62. The third-order valence-electron chi connectivity index (χ3n) is 3.62. The first kappa shape index (κ1) is 12.8. The molecule has 0 aliphatic carbocycles. The first-order valence-electron chi connectivity index (χ1n) is 7.12. The second-order valence-corrected chi connectivity index (χ2v) is 5.03. The standard InChI is InChI=1S/C15H21NO3/c1-2-4-16-13-10-17-5-3-11-8-14-15(9-12(11)13)19-7-6-18-14/h8-9,13,16H,2-7,10H2,1H3. The summed E-state index contributed by atoms with van der Waals surface area (Å²) in [5.74, 6) is 1.75. The van der Waals surface area contributed by atoms with Crippen molar-refractivity contribution in [2.75, 3.05) is 33.0 Å². The molecule has 0 amide bonds. The molecule has 1 atom stereocenters. The van der Waals surface area contributed by atoms with Crippen LogP contribution in [-0.2, 0) is 11.2 Å². The van der Waals surface area contributed by atoms with Crippen molar-refractivity contribution in [2.24, 2.45) is 0 Å². The minimum atomic E-state index is 0.258. The Hall–Kier alpha value is -1.26. The lowest BCUT2D eigenvalue weighted by Gasteiger charge is -2.23. The largest absolute Gasteiger partial charge is 0.486 e. The van der Waals surface area contributed by atoms with E-state index in [0.717, 1.165) is 44.1 Å². The zero-order valence-electron chi connectivity index (χ0n) is 11.4. The molecule has 1 aromatic carbocycles. The quantitative estimate of drug-likeness (QED) is 0.906. The molecular formula is C15H21NO3.